The number of hydrogen-bond acceptors (Lipinski definition) is 2. The van der Waals surface area contributed by atoms with Crippen molar-refractivity contribution in [1.29, 1.82) is 0 Å². The van der Waals surface area contributed by atoms with Crippen LogP contribution >= 0.6 is 11.6 Å². The van der Waals surface area contributed by atoms with Crippen molar-refractivity contribution in [3.05, 3.63) is 75.8 Å². The number of hydrogen-bond donors (Lipinski definition) is 0. The zero-order valence-corrected chi connectivity index (χ0v) is 15.7. The van der Waals surface area contributed by atoms with Crippen LogP contribution in [0.1, 0.15) is 34.8 Å². The molecule has 3 nitrogen and oxygen atoms in total. The van der Waals surface area contributed by atoms with Crippen molar-refractivity contribution in [3.8, 4) is 5.75 Å². The molecule has 3 rings (SSSR count). The van der Waals surface area contributed by atoms with Gasteiger partial charge in [-0.3, -0.25) is 4.79 Å². The van der Waals surface area contributed by atoms with Gasteiger partial charge in [0.2, 0.25) is 0 Å². The summed E-state index contributed by atoms with van der Waals surface area (Å²) in [5.41, 5.74) is 2.86. The predicted octanol–water partition coefficient (Wildman–Crippen LogP) is 5.32. The topological polar surface area (TPSA) is 29.5 Å². The van der Waals surface area contributed by atoms with Crippen molar-refractivity contribution in [2.75, 3.05) is 13.2 Å². The molecule has 1 amide bonds. The summed E-state index contributed by atoms with van der Waals surface area (Å²) in [6.07, 6.45) is 1.68. The van der Waals surface area contributed by atoms with Crippen molar-refractivity contribution in [1.82, 2.24) is 4.90 Å². The normalized spacial score (nSPS) is 14.1. The maximum atomic E-state index is 14.3. The van der Waals surface area contributed by atoms with E-state index in [0.717, 1.165) is 18.1 Å². The highest BCUT2D eigenvalue weighted by Gasteiger charge is 2.23. The van der Waals surface area contributed by atoms with Gasteiger partial charge in [-0.25, -0.2) is 8.78 Å². The van der Waals surface area contributed by atoms with E-state index in [9.17, 15) is 13.6 Å². The molecule has 0 radical (unpaired) electrons. The summed E-state index contributed by atoms with van der Waals surface area (Å²) in [6.45, 7) is 2.77. The lowest BCUT2D eigenvalue weighted by atomic mass is 9.99. The molecule has 1 aliphatic rings. The fourth-order valence-corrected chi connectivity index (χ4v) is 3.21. The SMILES string of the molecule is CCC(=CF)COc1ccc(C(=O)N2CCc3ccc(Cl)cc3C2)cc1F. The van der Waals surface area contributed by atoms with Crippen LogP contribution in [0.4, 0.5) is 8.78 Å². The lowest BCUT2D eigenvalue weighted by Crippen LogP contribution is -2.36. The summed E-state index contributed by atoms with van der Waals surface area (Å²) < 4.78 is 32.2. The van der Waals surface area contributed by atoms with E-state index in [0.29, 0.717) is 36.4 Å². The van der Waals surface area contributed by atoms with Crippen LogP contribution in [-0.4, -0.2) is 24.0 Å². The van der Waals surface area contributed by atoms with Gasteiger partial charge >= 0.3 is 0 Å². The molecule has 27 heavy (non-hydrogen) atoms. The van der Waals surface area contributed by atoms with Crippen LogP contribution in [0.3, 0.4) is 0 Å². The highest BCUT2D eigenvalue weighted by Crippen LogP contribution is 2.25. The number of amides is 1. The molecule has 0 aliphatic carbocycles. The second kappa shape index (κ2) is 8.53. The van der Waals surface area contributed by atoms with Crippen LogP contribution in [0.2, 0.25) is 5.02 Å². The van der Waals surface area contributed by atoms with E-state index in [4.69, 9.17) is 16.3 Å². The molecule has 2 aromatic rings. The molecule has 2 aromatic carbocycles. The second-order valence-electron chi connectivity index (χ2n) is 6.44. The number of carbonyl (C=O) groups excluding carboxylic acids is 1. The van der Waals surface area contributed by atoms with Gasteiger partial charge in [0, 0.05) is 23.7 Å². The predicted molar refractivity (Wildman–Crippen MR) is 101 cm³/mol. The molecule has 0 atom stereocenters. The largest absolute Gasteiger partial charge is 0.486 e. The van der Waals surface area contributed by atoms with E-state index in [1.165, 1.54) is 17.7 Å². The van der Waals surface area contributed by atoms with Gasteiger partial charge < -0.3 is 9.64 Å². The van der Waals surface area contributed by atoms with Gasteiger partial charge in [0.05, 0.1) is 6.33 Å². The monoisotopic (exact) mass is 391 g/mol. The first kappa shape index (κ1) is 19.4. The van der Waals surface area contributed by atoms with E-state index in [-0.39, 0.29) is 23.8 Å². The quantitative estimate of drug-likeness (QED) is 0.690. The Bertz CT molecular complexity index is 882. The van der Waals surface area contributed by atoms with Gasteiger partial charge in [0.25, 0.3) is 5.91 Å². The smallest absolute Gasteiger partial charge is 0.254 e. The number of carbonyl (C=O) groups is 1. The molecule has 0 bridgehead atoms. The Morgan fingerprint density at radius 2 is 2.07 bits per heavy atom. The Hall–Kier alpha value is -2.40. The fourth-order valence-electron chi connectivity index (χ4n) is 3.01. The first-order valence-electron chi connectivity index (χ1n) is 8.79. The Balaban J connectivity index is 1.71. The van der Waals surface area contributed by atoms with Crippen molar-refractivity contribution in [2.45, 2.75) is 26.3 Å². The van der Waals surface area contributed by atoms with E-state index >= 15 is 0 Å². The number of fused-ring (bicyclic) bond motifs is 1. The average molecular weight is 392 g/mol. The van der Waals surface area contributed by atoms with E-state index in [1.54, 1.807) is 11.8 Å². The second-order valence-corrected chi connectivity index (χ2v) is 6.88. The Labute approximate surface area is 162 Å². The van der Waals surface area contributed by atoms with Gasteiger partial charge in [-0.1, -0.05) is 24.6 Å². The van der Waals surface area contributed by atoms with Gasteiger partial charge in [-0.15, -0.1) is 0 Å². The minimum Gasteiger partial charge on any atom is -0.486 e. The van der Waals surface area contributed by atoms with E-state index < -0.39 is 5.82 Å². The minimum absolute atomic E-state index is 0.00452. The number of halogens is 3. The summed E-state index contributed by atoms with van der Waals surface area (Å²) in [4.78, 5) is 14.4. The van der Waals surface area contributed by atoms with Crippen molar-refractivity contribution < 1.29 is 18.3 Å². The van der Waals surface area contributed by atoms with Crippen molar-refractivity contribution in [2.24, 2.45) is 0 Å². The molecule has 0 unspecified atom stereocenters. The zero-order valence-electron chi connectivity index (χ0n) is 15.0. The number of benzene rings is 2. The Morgan fingerprint density at radius 3 is 2.78 bits per heavy atom. The summed E-state index contributed by atoms with van der Waals surface area (Å²) in [6, 6.07) is 9.77. The Kier molecular flexibility index (Phi) is 6.11. The Morgan fingerprint density at radius 1 is 1.26 bits per heavy atom. The highest BCUT2D eigenvalue weighted by atomic mass is 35.5. The molecule has 0 saturated heterocycles. The average Bonchev–Trinajstić information content (AvgIpc) is 2.68. The summed E-state index contributed by atoms with van der Waals surface area (Å²) in [5.74, 6) is -0.894. The van der Waals surface area contributed by atoms with E-state index in [2.05, 4.69) is 0 Å². The van der Waals surface area contributed by atoms with Crippen molar-refractivity contribution >= 4 is 17.5 Å². The number of ether oxygens (including phenoxy) is 1. The summed E-state index contributed by atoms with van der Waals surface area (Å²) in [5, 5.41) is 0.629. The molecule has 1 aliphatic heterocycles. The minimum atomic E-state index is -0.643. The van der Waals surface area contributed by atoms with E-state index in [1.807, 2.05) is 18.2 Å². The molecular weight excluding hydrogens is 372 g/mol. The number of nitrogens with zero attached hydrogens (tertiary/aromatic N) is 1. The van der Waals surface area contributed by atoms with Crippen LogP contribution in [-0.2, 0) is 13.0 Å². The maximum absolute atomic E-state index is 14.3. The third kappa shape index (κ3) is 4.48. The zero-order chi connectivity index (χ0) is 19.4. The third-order valence-corrected chi connectivity index (χ3v) is 4.90. The summed E-state index contributed by atoms with van der Waals surface area (Å²) >= 11 is 6.04. The van der Waals surface area contributed by atoms with Gasteiger partial charge in [0.1, 0.15) is 6.61 Å². The standard InChI is InChI=1S/C21H20ClF2NO2/c1-2-14(11-23)13-27-20-6-4-16(10-19(20)24)21(26)25-8-7-15-3-5-18(22)9-17(15)12-25/h3-6,9-11H,2,7-8,12-13H2,1H3. The molecule has 0 aromatic heterocycles. The van der Waals surface area contributed by atoms with Gasteiger partial charge in [0.15, 0.2) is 11.6 Å². The molecular formula is C21H20ClF2NO2. The van der Waals surface area contributed by atoms with Crippen LogP contribution < -0.4 is 4.74 Å². The van der Waals surface area contributed by atoms with Crippen LogP contribution in [0, 0.1) is 5.82 Å². The van der Waals surface area contributed by atoms with Crippen molar-refractivity contribution in [3.63, 3.8) is 0 Å². The maximum Gasteiger partial charge on any atom is 0.254 e. The molecule has 0 spiro atoms. The lowest BCUT2D eigenvalue weighted by Gasteiger charge is -2.29. The first-order valence-corrected chi connectivity index (χ1v) is 9.16. The molecule has 0 N–H and O–H groups in total. The number of rotatable bonds is 5. The highest BCUT2D eigenvalue weighted by molar-refractivity contribution is 6.30. The molecule has 1 heterocycles. The van der Waals surface area contributed by atoms with Gasteiger partial charge in [-0.05, 0) is 59.9 Å². The summed E-state index contributed by atoms with van der Waals surface area (Å²) in [7, 11) is 0. The molecule has 142 valence electrons. The molecule has 0 fully saturated rings. The molecule has 6 heteroatoms. The molecule has 0 saturated carbocycles. The first-order chi connectivity index (χ1) is 13.0. The van der Waals surface area contributed by atoms with Gasteiger partial charge in [-0.2, -0.15) is 0 Å². The van der Waals surface area contributed by atoms with Crippen LogP contribution in [0.5, 0.6) is 5.75 Å². The van der Waals surface area contributed by atoms with Crippen LogP contribution in [0.25, 0.3) is 0 Å². The van der Waals surface area contributed by atoms with Crippen LogP contribution in [0.15, 0.2) is 48.3 Å². The lowest BCUT2D eigenvalue weighted by molar-refractivity contribution is 0.0734. The third-order valence-electron chi connectivity index (χ3n) is 4.67. The fraction of sp³-hybridized carbons (Fsp3) is 0.286.